The predicted octanol–water partition coefficient (Wildman–Crippen LogP) is 7.41. The summed E-state index contributed by atoms with van der Waals surface area (Å²) >= 11 is 0. The van der Waals surface area contributed by atoms with Crippen LogP contribution in [0, 0.1) is 23.5 Å². The monoisotopic (exact) mass is 382 g/mol. The molecule has 0 amide bonds. The highest BCUT2D eigenvalue weighted by atomic mass is 19.4. The van der Waals surface area contributed by atoms with Crippen LogP contribution in [0.1, 0.15) is 50.2 Å². The lowest BCUT2D eigenvalue weighted by atomic mass is 9.78. The molecule has 0 nitrogen and oxygen atoms in total. The van der Waals surface area contributed by atoms with Gasteiger partial charge in [-0.3, -0.25) is 0 Å². The lowest BCUT2D eigenvalue weighted by Crippen LogP contribution is -2.16. The summed E-state index contributed by atoms with van der Waals surface area (Å²) < 4.78 is 67.0. The van der Waals surface area contributed by atoms with Gasteiger partial charge in [0, 0.05) is 0 Å². The van der Waals surface area contributed by atoms with E-state index in [2.05, 4.69) is 6.92 Å². The third-order valence-corrected chi connectivity index (χ3v) is 5.67. The molecule has 146 valence electrons. The van der Waals surface area contributed by atoms with E-state index in [1.54, 1.807) is 0 Å². The minimum atomic E-state index is -4.48. The van der Waals surface area contributed by atoms with E-state index in [-0.39, 0.29) is 11.1 Å². The second-order valence-corrected chi connectivity index (χ2v) is 7.51. The minimum Gasteiger partial charge on any atom is -0.206 e. The average molecular weight is 382 g/mol. The highest BCUT2D eigenvalue weighted by Gasteiger charge is 2.30. The number of alkyl halides is 3. The Morgan fingerprint density at radius 2 is 1.37 bits per heavy atom. The van der Waals surface area contributed by atoms with Gasteiger partial charge in [0.15, 0.2) is 0 Å². The maximum Gasteiger partial charge on any atom is 0.416 e. The van der Waals surface area contributed by atoms with Gasteiger partial charge in [-0.05, 0) is 66.5 Å². The molecule has 5 heteroatoms. The van der Waals surface area contributed by atoms with Crippen LogP contribution in [0.4, 0.5) is 22.0 Å². The number of rotatable bonds is 4. The molecule has 0 aliphatic heterocycles. The topological polar surface area (TPSA) is 0 Å². The van der Waals surface area contributed by atoms with Crippen molar-refractivity contribution >= 4 is 0 Å². The summed E-state index contributed by atoms with van der Waals surface area (Å²) in [5.41, 5.74) is -0.401. The molecule has 27 heavy (non-hydrogen) atoms. The third kappa shape index (κ3) is 4.69. The van der Waals surface area contributed by atoms with Gasteiger partial charge in [0.25, 0.3) is 0 Å². The van der Waals surface area contributed by atoms with Crippen LogP contribution >= 0.6 is 0 Å². The van der Waals surface area contributed by atoms with Crippen LogP contribution in [0.15, 0.2) is 36.4 Å². The molecule has 1 saturated carbocycles. The van der Waals surface area contributed by atoms with Crippen LogP contribution < -0.4 is 0 Å². The normalized spacial score (nSPS) is 20.7. The number of hydrogen-bond donors (Lipinski definition) is 0. The van der Waals surface area contributed by atoms with Gasteiger partial charge in [-0.15, -0.1) is 0 Å². The zero-order valence-electron chi connectivity index (χ0n) is 15.3. The summed E-state index contributed by atoms with van der Waals surface area (Å²) in [6, 6.07) is 6.54. The van der Waals surface area contributed by atoms with Gasteiger partial charge in [0.1, 0.15) is 11.6 Å². The van der Waals surface area contributed by atoms with Crippen LogP contribution in [0.25, 0.3) is 11.1 Å². The van der Waals surface area contributed by atoms with E-state index in [0.29, 0.717) is 17.9 Å². The minimum absolute atomic E-state index is 0.105. The molecule has 0 N–H and O–H groups in total. The molecule has 0 heterocycles. The van der Waals surface area contributed by atoms with E-state index in [9.17, 15) is 22.0 Å². The van der Waals surface area contributed by atoms with Crippen LogP contribution in [-0.2, 0) is 12.6 Å². The number of benzene rings is 2. The van der Waals surface area contributed by atoms with E-state index >= 15 is 0 Å². The molecule has 0 bridgehead atoms. The fourth-order valence-electron chi connectivity index (χ4n) is 4.02. The molecule has 0 radical (unpaired) electrons. The summed E-state index contributed by atoms with van der Waals surface area (Å²) in [4.78, 5) is 0. The van der Waals surface area contributed by atoms with E-state index in [0.717, 1.165) is 55.9 Å². The fraction of sp³-hybridized carbons (Fsp3) is 0.455. The van der Waals surface area contributed by atoms with Crippen molar-refractivity contribution < 1.29 is 22.0 Å². The Kier molecular flexibility index (Phi) is 5.87. The molecule has 1 aliphatic carbocycles. The predicted molar refractivity (Wildman–Crippen MR) is 96.2 cm³/mol. The van der Waals surface area contributed by atoms with Gasteiger partial charge in [-0.1, -0.05) is 38.3 Å². The molecular formula is C22H23F5. The second kappa shape index (κ2) is 7.99. The van der Waals surface area contributed by atoms with E-state index in [4.69, 9.17) is 0 Å². The lowest BCUT2D eigenvalue weighted by molar-refractivity contribution is -0.137. The van der Waals surface area contributed by atoms with Crippen molar-refractivity contribution in [3.05, 3.63) is 59.2 Å². The molecule has 0 atom stereocenters. The Balaban J connectivity index is 1.77. The molecule has 2 aromatic rings. The number of halogens is 5. The Morgan fingerprint density at radius 1 is 0.852 bits per heavy atom. The van der Waals surface area contributed by atoms with Crippen LogP contribution in [0.5, 0.6) is 0 Å². The fourth-order valence-corrected chi connectivity index (χ4v) is 4.02. The molecule has 1 aliphatic rings. The first-order valence-electron chi connectivity index (χ1n) is 9.43. The average Bonchev–Trinajstić information content (AvgIpc) is 2.61. The summed E-state index contributed by atoms with van der Waals surface area (Å²) in [6.45, 7) is 2.19. The Morgan fingerprint density at radius 3 is 1.85 bits per heavy atom. The Bertz CT molecular complexity index is 745. The van der Waals surface area contributed by atoms with Gasteiger partial charge < -0.3 is 0 Å². The molecule has 1 fully saturated rings. The largest absolute Gasteiger partial charge is 0.416 e. The number of hydrogen-bond acceptors (Lipinski definition) is 0. The summed E-state index contributed by atoms with van der Waals surface area (Å²) in [7, 11) is 0. The van der Waals surface area contributed by atoms with Crippen molar-refractivity contribution in [1.82, 2.24) is 0 Å². The molecule has 0 saturated heterocycles. The highest BCUT2D eigenvalue weighted by Crippen LogP contribution is 2.35. The van der Waals surface area contributed by atoms with E-state index in [1.807, 2.05) is 0 Å². The van der Waals surface area contributed by atoms with Gasteiger partial charge in [0.2, 0.25) is 0 Å². The van der Waals surface area contributed by atoms with E-state index in [1.165, 1.54) is 18.6 Å². The summed E-state index contributed by atoms with van der Waals surface area (Å²) in [5.74, 6) is -0.265. The van der Waals surface area contributed by atoms with E-state index < -0.39 is 23.4 Å². The maximum absolute atomic E-state index is 14.5. The van der Waals surface area contributed by atoms with Crippen molar-refractivity contribution in [2.24, 2.45) is 11.8 Å². The van der Waals surface area contributed by atoms with Gasteiger partial charge in [-0.2, -0.15) is 13.2 Å². The van der Waals surface area contributed by atoms with Crippen LogP contribution in [0.3, 0.4) is 0 Å². The van der Waals surface area contributed by atoms with Gasteiger partial charge >= 0.3 is 6.18 Å². The van der Waals surface area contributed by atoms with Crippen molar-refractivity contribution in [2.45, 2.75) is 51.6 Å². The zero-order valence-corrected chi connectivity index (χ0v) is 15.3. The summed E-state index contributed by atoms with van der Waals surface area (Å²) in [6.07, 6.45) is 1.81. The van der Waals surface area contributed by atoms with Crippen molar-refractivity contribution in [2.75, 3.05) is 0 Å². The molecular weight excluding hydrogens is 359 g/mol. The zero-order chi connectivity index (χ0) is 19.6. The smallest absolute Gasteiger partial charge is 0.206 e. The quantitative estimate of drug-likeness (QED) is 0.483. The highest BCUT2D eigenvalue weighted by molar-refractivity contribution is 5.65. The van der Waals surface area contributed by atoms with Gasteiger partial charge in [0.05, 0.1) is 11.1 Å². The third-order valence-electron chi connectivity index (χ3n) is 5.67. The van der Waals surface area contributed by atoms with Crippen molar-refractivity contribution in [3.8, 4) is 11.1 Å². The van der Waals surface area contributed by atoms with Crippen LogP contribution in [0.2, 0.25) is 0 Å². The van der Waals surface area contributed by atoms with Crippen molar-refractivity contribution in [3.63, 3.8) is 0 Å². The molecule has 2 aromatic carbocycles. The first-order chi connectivity index (χ1) is 12.8. The lowest BCUT2D eigenvalue weighted by Gasteiger charge is -2.27. The maximum atomic E-state index is 14.5. The summed E-state index contributed by atoms with van der Waals surface area (Å²) in [5, 5.41) is 0. The SMILES string of the molecule is CCC1CCC(Cc2cc(F)c(-c3ccc(C(F)(F)F)cc3)c(F)c2)CC1. The Labute approximate surface area is 156 Å². The second-order valence-electron chi connectivity index (χ2n) is 7.51. The first-order valence-corrected chi connectivity index (χ1v) is 9.43. The molecule has 3 rings (SSSR count). The Hall–Kier alpha value is -1.91. The molecule has 0 unspecified atom stereocenters. The molecule has 0 aromatic heterocycles. The van der Waals surface area contributed by atoms with Crippen LogP contribution in [-0.4, -0.2) is 0 Å². The molecule has 0 spiro atoms. The van der Waals surface area contributed by atoms with Crippen molar-refractivity contribution in [1.29, 1.82) is 0 Å². The standard InChI is InChI=1S/C22H23F5/c1-2-14-3-5-15(6-4-14)11-16-12-19(23)21(20(24)13-16)17-7-9-18(10-8-17)22(25,26)27/h7-10,12-15H,2-6,11H2,1H3. The first kappa shape index (κ1) is 19.8. The van der Waals surface area contributed by atoms with Gasteiger partial charge in [-0.25, -0.2) is 8.78 Å².